The molecule has 7 rings (SSSR count). The molecule has 1 aliphatic carbocycles. The Morgan fingerprint density at radius 1 is 0.688 bits per heavy atom. The van der Waals surface area contributed by atoms with Gasteiger partial charge in [-0.3, -0.25) is 24.0 Å². The number of ketones is 1. The summed E-state index contributed by atoms with van der Waals surface area (Å²) in [6.45, 7) is 0.00449. The number of rotatable bonds is 10. The van der Waals surface area contributed by atoms with Crippen molar-refractivity contribution in [2.75, 3.05) is 6.79 Å². The summed E-state index contributed by atoms with van der Waals surface area (Å²) in [4.78, 5) is 61.8. The highest BCUT2D eigenvalue weighted by molar-refractivity contribution is 6.06. The number of carbonyl (C=O) groups excluding carboxylic acids is 5. The quantitative estimate of drug-likeness (QED) is 0.0679. The molecule has 0 spiro atoms. The van der Waals surface area contributed by atoms with Gasteiger partial charge >= 0.3 is 23.9 Å². The molecule has 4 unspecified atom stereocenters. The second-order valence-corrected chi connectivity index (χ2v) is 12.1. The second-order valence-electron chi connectivity index (χ2n) is 12.1. The Balaban J connectivity index is 0.963. The zero-order chi connectivity index (χ0) is 33.2. The van der Waals surface area contributed by atoms with Crippen LogP contribution in [-0.2, 0) is 35.1 Å². The van der Waals surface area contributed by atoms with E-state index in [1.54, 1.807) is 24.3 Å². The van der Waals surface area contributed by atoms with Gasteiger partial charge in [-0.05, 0) is 76.9 Å². The lowest BCUT2D eigenvalue weighted by atomic mass is 9.66. The largest absolute Gasteiger partial charge is 0.458 e. The summed E-state index contributed by atoms with van der Waals surface area (Å²) in [6.07, 6.45) is 4.06. The highest BCUT2D eigenvalue weighted by atomic mass is 16.7. The third-order valence-electron chi connectivity index (χ3n) is 9.09. The number of carbonyl (C=O) groups is 5. The Hall–Kier alpha value is -5.83. The van der Waals surface area contributed by atoms with E-state index < -0.39 is 47.5 Å². The summed E-state index contributed by atoms with van der Waals surface area (Å²) in [7, 11) is 0. The lowest BCUT2D eigenvalue weighted by Crippen LogP contribution is -2.31. The van der Waals surface area contributed by atoms with E-state index >= 15 is 0 Å². The Bertz CT molecular complexity index is 1930. The van der Waals surface area contributed by atoms with Crippen LogP contribution in [0.4, 0.5) is 0 Å². The summed E-state index contributed by atoms with van der Waals surface area (Å²) < 4.78 is 21.3. The SMILES string of the molecule is O=C1CC(C2CC3C(=O)OC(=O)C3c3cc(Cc4ccc(OCOc5ccc(/C=C/C(=O)c6ccccc6)cc5)cc4)ccc32)C(=O)O1. The minimum atomic E-state index is -0.732. The van der Waals surface area contributed by atoms with Crippen LogP contribution in [-0.4, -0.2) is 36.5 Å². The van der Waals surface area contributed by atoms with Crippen molar-refractivity contribution < 1.29 is 42.9 Å². The molecule has 2 aliphatic heterocycles. The van der Waals surface area contributed by atoms with Gasteiger partial charge in [-0.15, -0.1) is 0 Å². The number of esters is 4. The van der Waals surface area contributed by atoms with Gasteiger partial charge < -0.3 is 18.9 Å². The smallest absolute Gasteiger partial charge is 0.321 e. The topological polar surface area (TPSA) is 122 Å². The van der Waals surface area contributed by atoms with Gasteiger partial charge in [0, 0.05) is 5.56 Å². The predicted octanol–water partition coefficient (Wildman–Crippen LogP) is 5.95. The van der Waals surface area contributed by atoms with E-state index in [4.69, 9.17) is 18.9 Å². The number of hydrogen-bond donors (Lipinski definition) is 0. The zero-order valence-electron chi connectivity index (χ0n) is 25.7. The lowest BCUT2D eigenvalue weighted by molar-refractivity contribution is -0.155. The van der Waals surface area contributed by atoms with Crippen molar-refractivity contribution >= 4 is 35.7 Å². The zero-order valence-corrected chi connectivity index (χ0v) is 25.7. The molecular formula is C39H30O9. The van der Waals surface area contributed by atoms with E-state index in [9.17, 15) is 24.0 Å². The number of hydrogen-bond acceptors (Lipinski definition) is 9. The lowest BCUT2D eigenvalue weighted by Gasteiger charge is -2.33. The van der Waals surface area contributed by atoms with Crippen LogP contribution >= 0.6 is 0 Å². The van der Waals surface area contributed by atoms with Crippen LogP contribution in [0.15, 0.2) is 103 Å². The molecule has 2 saturated heterocycles. The van der Waals surface area contributed by atoms with E-state index in [0.717, 1.165) is 22.3 Å². The number of ether oxygens (including phenoxy) is 4. The average Bonchev–Trinajstić information content (AvgIpc) is 3.59. The standard InChI is InChI=1S/C39H30O9/c40-34(26-4-2-1-3-5-26)17-11-23-6-12-27(13-7-23)45-22-46-28-14-8-24(9-15-28)18-25-10-16-29-30(32-21-35(41)47-37(32)42)20-33-36(31(29)19-25)39(44)48-38(33)43/h1-17,19,30,32-33,36H,18,20-22H2/b17-11+. The van der Waals surface area contributed by atoms with E-state index in [-0.39, 0.29) is 25.4 Å². The van der Waals surface area contributed by atoms with Crippen LogP contribution in [0.25, 0.3) is 6.08 Å². The molecule has 0 radical (unpaired) electrons. The van der Waals surface area contributed by atoms with Gasteiger partial charge in [0.05, 0.1) is 24.2 Å². The molecule has 0 aromatic heterocycles. The molecule has 4 aromatic carbocycles. The first-order chi connectivity index (χ1) is 23.3. The first-order valence-corrected chi connectivity index (χ1v) is 15.7. The minimum absolute atomic E-state index is 0.00449. The van der Waals surface area contributed by atoms with Crippen LogP contribution in [0.1, 0.15) is 62.9 Å². The molecule has 2 heterocycles. The molecule has 2 fully saturated rings. The predicted molar refractivity (Wildman–Crippen MR) is 172 cm³/mol. The molecule has 4 atom stereocenters. The molecule has 9 heteroatoms. The summed E-state index contributed by atoms with van der Waals surface area (Å²) >= 11 is 0. The molecule has 48 heavy (non-hydrogen) atoms. The number of cyclic esters (lactones) is 4. The summed E-state index contributed by atoms with van der Waals surface area (Å²) in [5.74, 6) is -3.71. The number of allylic oxidation sites excluding steroid dienone is 1. The maximum absolute atomic E-state index is 12.7. The average molecular weight is 643 g/mol. The molecule has 4 aromatic rings. The molecule has 9 nitrogen and oxygen atoms in total. The first-order valence-electron chi connectivity index (χ1n) is 15.7. The van der Waals surface area contributed by atoms with Crippen molar-refractivity contribution in [3.05, 3.63) is 137 Å². The third kappa shape index (κ3) is 6.40. The van der Waals surface area contributed by atoms with Gasteiger partial charge in [-0.2, -0.15) is 0 Å². The minimum Gasteiger partial charge on any atom is -0.458 e. The molecule has 0 saturated carbocycles. The van der Waals surface area contributed by atoms with E-state index in [2.05, 4.69) is 0 Å². The second kappa shape index (κ2) is 13.1. The van der Waals surface area contributed by atoms with Crippen LogP contribution in [0.5, 0.6) is 11.5 Å². The maximum Gasteiger partial charge on any atom is 0.321 e. The van der Waals surface area contributed by atoms with Crippen molar-refractivity contribution in [1.29, 1.82) is 0 Å². The van der Waals surface area contributed by atoms with Crippen LogP contribution in [0.3, 0.4) is 0 Å². The molecule has 0 bridgehead atoms. The Morgan fingerprint density at radius 3 is 2.04 bits per heavy atom. The van der Waals surface area contributed by atoms with Gasteiger partial charge in [0.25, 0.3) is 0 Å². The molecule has 240 valence electrons. The van der Waals surface area contributed by atoms with Crippen molar-refractivity contribution in [3.63, 3.8) is 0 Å². The van der Waals surface area contributed by atoms with Crippen molar-refractivity contribution in [3.8, 4) is 11.5 Å². The summed E-state index contributed by atoms with van der Waals surface area (Å²) in [5, 5.41) is 0. The van der Waals surface area contributed by atoms with Crippen molar-refractivity contribution in [2.45, 2.75) is 31.1 Å². The van der Waals surface area contributed by atoms with Crippen LogP contribution < -0.4 is 9.47 Å². The fourth-order valence-electron chi connectivity index (χ4n) is 6.69. The number of benzene rings is 4. The highest BCUT2D eigenvalue weighted by Gasteiger charge is 2.53. The summed E-state index contributed by atoms with van der Waals surface area (Å²) in [6, 6.07) is 29.7. The summed E-state index contributed by atoms with van der Waals surface area (Å²) in [5.41, 5.74) is 4.86. The van der Waals surface area contributed by atoms with Crippen LogP contribution in [0, 0.1) is 11.8 Å². The Kier molecular flexibility index (Phi) is 8.42. The normalized spacial score (nSPS) is 21.4. The van der Waals surface area contributed by atoms with E-state index in [0.29, 0.717) is 29.0 Å². The molecule has 3 aliphatic rings. The molecular weight excluding hydrogens is 612 g/mol. The van der Waals surface area contributed by atoms with Gasteiger partial charge in [-0.25, -0.2) is 0 Å². The van der Waals surface area contributed by atoms with Gasteiger partial charge in [0.2, 0.25) is 6.79 Å². The molecule has 0 N–H and O–H groups in total. The Morgan fingerprint density at radius 2 is 1.35 bits per heavy atom. The number of fused-ring (bicyclic) bond motifs is 3. The van der Waals surface area contributed by atoms with Gasteiger partial charge in [-0.1, -0.05) is 78.9 Å². The monoisotopic (exact) mass is 642 g/mol. The van der Waals surface area contributed by atoms with Crippen LogP contribution in [0.2, 0.25) is 0 Å². The third-order valence-corrected chi connectivity index (χ3v) is 9.09. The highest BCUT2D eigenvalue weighted by Crippen LogP contribution is 2.51. The maximum atomic E-state index is 12.7. The first kappa shape index (κ1) is 30.8. The fraction of sp³-hybridized carbons (Fsp3) is 0.205. The van der Waals surface area contributed by atoms with Crippen molar-refractivity contribution in [1.82, 2.24) is 0 Å². The Labute approximate surface area is 276 Å². The van der Waals surface area contributed by atoms with Gasteiger partial charge in [0.15, 0.2) is 5.78 Å². The fourth-order valence-corrected chi connectivity index (χ4v) is 6.69. The van der Waals surface area contributed by atoms with Crippen molar-refractivity contribution in [2.24, 2.45) is 11.8 Å². The van der Waals surface area contributed by atoms with E-state index in [1.807, 2.05) is 84.9 Å². The molecule has 0 amide bonds. The van der Waals surface area contributed by atoms with Gasteiger partial charge in [0.1, 0.15) is 11.5 Å². The van der Waals surface area contributed by atoms with E-state index in [1.165, 1.54) is 0 Å².